The molecule has 0 aromatic heterocycles. The molecule has 0 spiro atoms. The second kappa shape index (κ2) is 7.41. The molecule has 1 amide bonds. The molecule has 1 aliphatic carbocycles. The molecule has 9 nitrogen and oxygen atoms in total. The summed E-state index contributed by atoms with van der Waals surface area (Å²) in [7, 11) is -2.59. The van der Waals surface area contributed by atoms with E-state index in [1.165, 1.54) is 6.07 Å². The number of nitrogens with zero attached hydrogens (tertiary/aromatic N) is 1. The van der Waals surface area contributed by atoms with Crippen molar-refractivity contribution in [2.75, 3.05) is 30.9 Å². The van der Waals surface area contributed by atoms with Gasteiger partial charge in [0.15, 0.2) is 0 Å². The van der Waals surface area contributed by atoms with E-state index in [0.717, 1.165) is 44.4 Å². The number of carbonyl (C=O) groups is 2. The molecule has 1 fully saturated rings. The molecule has 2 aromatic rings. The van der Waals surface area contributed by atoms with E-state index in [0.29, 0.717) is 16.8 Å². The predicted molar refractivity (Wildman–Crippen MR) is 107 cm³/mol. The molecule has 2 atom stereocenters. The normalized spacial score (nSPS) is 18.8. The average molecular weight is 450 g/mol. The highest BCUT2D eigenvalue weighted by atomic mass is 32.2. The second-order valence-corrected chi connectivity index (χ2v) is 8.96. The van der Waals surface area contributed by atoms with Gasteiger partial charge in [-0.3, -0.25) is 0 Å². The maximum Gasteiger partial charge on any atom is 0.428 e. The summed E-state index contributed by atoms with van der Waals surface area (Å²) in [5, 5.41) is 0. The van der Waals surface area contributed by atoms with Crippen LogP contribution >= 0.6 is 0 Å². The fourth-order valence-corrected chi connectivity index (χ4v) is 5.24. The molecule has 1 saturated carbocycles. The van der Waals surface area contributed by atoms with Crippen molar-refractivity contribution in [3.05, 3.63) is 47.3 Å². The van der Waals surface area contributed by atoms with Crippen molar-refractivity contribution >= 4 is 33.5 Å². The zero-order valence-corrected chi connectivity index (χ0v) is 17.4. The van der Waals surface area contributed by atoms with Crippen LogP contribution in [0.15, 0.2) is 35.2 Å². The number of nitrogens with two attached hydrogens (primary N) is 1. The molecule has 4 rings (SSSR count). The maximum absolute atomic E-state index is 13.5. The smallest absolute Gasteiger partial charge is 0.428 e. The van der Waals surface area contributed by atoms with Crippen LogP contribution in [0.5, 0.6) is 5.75 Å². The summed E-state index contributed by atoms with van der Waals surface area (Å²) in [6.45, 7) is 0.362. The molecule has 11 heteroatoms. The molecule has 1 aliphatic heterocycles. The third kappa shape index (κ3) is 3.34. The molecule has 164 valence electrons. The quantitative estimate of drug-likeness (QED) is 0.557. The van der Waals surface area contributed by atoms with Gasteiger partial charge in [-0.1, -0.05) is 6.07 Å². The number of carbonyl (C=O) groups excluding carboxylic acids is 2. The maximum atomic E-state index is 13.5. The van der Waals surface area contributed by atoms with E-state index >= 15 is 0 Å². The molecule has 1 heterocycles. The Balaban J connectivity index is 1.95. The molecule has 31 heavy (non-hydrogen) atoms. The highest BCUT2D eigenvalue weighted by molar-refractivity contribution is 7.93. The Kier molecular flexibility index (Phi) is 5.00. The first-order chi connectivity index (χ1) is 14.7. The van der Waals surface area contributed by atoms with Gasteiger partial charge in [-0.05, 0) is 42.2 Å². The van der Waals surface area contributed by atoms with E-state index < -0.39 is 38.5 Å². The van der Waals surface area contributed by atoms with Crippen molar-refractivity contribution in [1.29, 1.82) is 0 Å². The van der Waals surface area contributed by atoms with Crippen molar-refractivity contribution in [2.24, 2.45) is 5.92 Å². The third-order valence-corrected chi connectivity index (χ3v) is 7.12. The predicted octanol–water partition coefficient (Wildman–Crippen LogP) is 2.65. The number of fused-ring (bicyclic) bond motifs is 3. The molecule has 2 aliphatic rings. The molecular formula is C20H19FN2O7S. The van der Waals surface area contributed by atoms with Crippen LogP contribution in [0.3, 0.4) is 0 Å². The van der Waals surface area contributed by atoms with Gasteiger partial charge in [0.05, 0.1) is 32.2 Å². The van der Waals surface area contributed by atoms with Crippen LogP contribution in [0, 0.1) is 11.7 Å². The van der Waals surface area contributed by atoms with Gasteiger partial charge in [-0.25, -0.2) is 22.4 Å². The lowest BCUT2D eigenvalue weighted by molar-refractivity contribution is 0.0596. The number of halogens is 1. The molecule has 0 radical (unpaired) electrons. The first-order valence-corrected chi connectivity index (χ1v) is 10.7. The standard InChI is InChI=1S/C20H19FN2O7S/c1-28-19(24)17-15(5-4-12-13-7-10(13)9-30-18(12)17)23(20(25)29-2)31(26,27)16-6-3-11(21)8-14(16)22/h3-6,8,10,13H,7,9,22H2,1-2H3/t10?,13-/m0/s1. The van der Waals surface area contributed by atoms with Gasteiger partial charge in [0, 0.05) is 5.92 Å². The molecule has 2 aromatic carbocycles. The van der Waals surface area contributed by atoms with Crippen molar-refractivity contribution in [1.82, 2.24) is 0 Å². The molecular weight excluding hydrogens is 431 g/mol. The van der Waals surface area contributed by atoms with Gasteiger partial charge in [0.1, 0.15) is 22.0 Å². The average Bonchev–Trinajstić information content (AvgIpc) is 3.52. The molecule has 1 unspecified atom stereocenters. The SMILES string of the molecule is COC(=O)c1c(N(C(=O)OC)S(=O)(=O)c2ccc(F)cc2N)ccc2c1OCC1C[C@H]21. The summed E-state index contributed by atoms with van der Waals surface area (Å²) in [5.41, 5.74) is 5.49. The van der Waals surface area contributed by atoms with Crippen LogP contribution in [0.25, 0.3) is 0 Å². The summed E-state index contributed by atoms with van der Waals surface area (Å²) in [4.78, 5) is 24.8. The van der Waals surface area contributed by atoms with Crippen LogP contribution < -0.4 is 14.8 Å². The minimum Gasteiger partial charge on any atom is -0.492 e. The zero-order valence-electron chi connectivity index (χ0n) is 16.6. The lowest BCUT2D eigenvalue weighted by Crippen LogP contribution is -2.38. The van der Waals surface area contributed by atoms with Crippen LogP contribution in [0.2, 0.25) is 0 Å². The van der Waals surface area contributed by atoms with Crippen molar-refractivity contribution in [2.45, 2.75) is 17.2 Å². The molecule has 0 bridgehead atoms. The number of amides is 1. The van der Waals surface area contributed by atoms with Crippen LogP contribution in [0.4, 0.5) is 20.6 Å². The van der Waals surface area contributed by atoms with Gasteiger partial charge < -0.3 is 19.9 Å². The first-order valence-electron chi connectivity index (χ1n) is 9.27. The Morgan fingerprint density at radius 2 is 1.94 bits per heavy atom. The molecule has 0 saturated heterocycles. The fourth-order valence-electron chi connectivity index (χ4n) is 3.77. The van der Waals surface area contributed by atoms with Gasteiger partial charge in [0.25, 0.3) is 10.0 Å². The highest BCUT2D eigenvalue weighted by Crippen LogP contribution is 2.55. The van der Waals surface area contributed by atoms with Gasteiger partial charge in [-0.2, -0.15) is 4.31 Å². The Morgan fingerprint density at radius 3 is 2.58 bits per heavy atom. The number of methoxy groups -OCH3 is 2. The number of hydrogen-bond acceptors (Lipinski definition) is 8. The summed E-state index contributed by atoms with van der Waals surface area (Å²) in [6, 6.07) is 5.57. The number of hydrogen-bond donors (Lipinski definition) is 1. The number of anilines is 2. The Hall–Kier alpha value is -3.34. The van der Waals surface area contributed by atoms with Gasteiger partial charge in [0.2, 0.25) is 0 Å². The number of rotatable bonds is 4. The first kappa shape index (κ1) is 20.9. The van der Waals surface area contributed by atoms with E-state index in [9.17, 15) is 22.4 Å². The second-order valence-electron chi connectivity index (χ2n) is 7.20. The summed E-state index contributed by atoms with van der Waals surface area (Å²) in [5.74, 6) is -0.945. The molecule has 2 N–H and O–H groups in total. The number of esters is 1. The Bertz CT molecular complexity index is 1200. The minimum atomic E-state index is -4.70. The monoisotopic (exact) mass is 450 g/mol. The third-order valence-electron chi connectivity index (χ3n) is 5.37. The Labute approximate surface area is 177 Å². The van der Waals surface area contributed by atoms with Crippen LogP contribution in [-0.2, 0) is 19.5 Å². The largest absolute Gasteiger partial charge is 0.492 e. The number of sulfonamides is 1. The Morgan fingerprint density at radius 1 is 1.19 bits per heavy atom. The summed E-state index contributed by atoms with van der Waals surface area (Å²) < 4.78 is 55.8. The van der Waals surface area contributed by atoms with Crippen molar-refractivity contribution in [3.8, 4) is 5.75 Å². The van der Waals surface area contributed by atoms with Crippen LogP contribution in [0.1, 0.15) is 28.3 Å². The summed E-state index contributed by atoms with van der Waals surface area (Å²) >= 11 is 0. The lowest BCUT2D eigenvalue weighted by Gasteiger charge is -2.27. The highest BCUT2D eigenvalue weighted by Gasteiger charge is 2.47. The number of nitrogen functional groups attached to an aromatic ring is 1. The van der Waals surface area contributed by atoms with E-state index in [-0.39, 0.29) is 22.9 Å². The summed E-state index contributed by atoms with van der Waals surface area (Å²) in [6.07, 6.45) is -0.410. The van der Waals surface area contributed by atoms with Gasteiger partial charge in [-0.15, -0.1) is 0 Å². The van der Waals surface area contributed by atoms with Crippen molar-refractivity contribution in [3.63, 3.8) is 0 Å². The number of ether oxygens (including phenoxy) is 3. The van der Waals surface area contributed by atoms with E-state index in [2.05, 4.69) is 4.74 Å². The number of benzene rings is 2. The fraction of sp³-hybridized carbons (Fsp3) is 0.300. The van der Waals surface area contributed by atoms with E-state index in [1.807, 2.05) is 0 Å². The van der Waals surface area contributed by atoms with E-state index in [1.54, 1.807) is 6.07 Å². The van der Waals surface area contributed by atoms with Gasteiger partial charge >= 0.3 is 12.1 Å². The van der Waals surface area contributed by atoms with Crippen molar-refractivity contribution < 1.29 is 36.6 Å². The zero-order chi connectivity index (χ0) is 22.5. The van der Waals surface area contributed by atoms with E-state index in [4.69, 9.17) is 15.2 Å². The lowest BCUT2D eigenvalue weighted by atomic mass is 10.00. The van der Waals surface area contributed by atoms with Crippen LogP contribution in [-0.4, -0.2) is 41.3 Å². The minimum absolute atomic E-state index is 0.166. The topological polar surface area (TPSA) is 125 Å².